The predicted molar refractivity (Wildman–Crippen MR) is 247 cm³/mol. The summed E-state index contributed by atoms with van der Waals surface area (Å²) < 4.78 is 11.1. The maximum Gasteiger partial charge on any atom is 0.249 e. The van der Waals surface area contributed by atoms with Crippen LogP contribution in [0.2, 0.25) is 0 Å². The van der Waals surface area contributed by atoms with Crippen LogP contribution in [0.3, 0.4) is 0 Å². The van der Waals surface area contributed by atoms with Gasteiger partial charge in [0.1, 0.15) is 36.6 Å². The highest BCUT2D eigenvalue weighted by molar-refractivity contribution is 5.80. The number of ether oxygens (including phenoxy) is 2. The van der Waals surface area contributed by atoms with E-state index in [1.165, 1.54) is 103 Å². The summed E-state index contributed by atoms with van der Waals surface area (Å²) in [6.45, 7) is 3.40. The number of aliphatic hydroxyl groups excluding tert-OH is 7. The second-order valence-corrected chi connectivity index (χ2v) is 17.5. The predicted octanol–water partition coefficient (Wildman–Crippen LogP) is 8.78. The summed E-state index contributed by atoms with van der Waals surface area (Å²) in [5, 5.41) is 75.7. The van der Waals surface area contributed by atoms with Crippen molar-refractivity contribution in [3.63, 3.8) is 0 Å². The van der Waals surface area contributed by atoms with Crippen LogP contribution in [0.5, 0.6) is 0 Å². The number of hydrogen-bond acceptors (Lipinski definition) is 10. The average molecular weight is 868 g/mol. The zero-order valence-electron chi connectivity index (χ0n) is 38.6. The van der Waals surface area contributed by atoms with Crippen molar-refractivity contribution in [2.75, 3.05) is 13.2 Å². The van der Waals surface area contributed by atoms with E-state index in [1.807, 2.05) is 0 Å². The van der Waals surface area contributed by atoms with Crippen LogP contribution in [0.1, 0.15) is 206 Å². The first-order valence-corrected chi connectivity index (χ1v) is 24.9. The minimum absolute atomic E-state index is 0.244. The minimum Gasteiger partial charge on any atom is -0.394 e. The number of carbonyl (C=O) groups is 1. The fourth-order valence-electron chi connectivity index (χ4n) is 7.74. The molecule has 0 aromatic heterocycles. The van der Waals surface area contributed by atoms with Crippen LogP contribution in [0.4, 0.5) is 0 Å². The molecule has 358 valence electrons. The monoisotopic (exact) mass is 868 g/mol. The molecule has 1 aliphatic heterocycles. The lowest BCUT2D eigenvalue weighted by Gasteiger charge is -2.40. The summed E-state index contributed by atoms with van der Waals surface area (Å²) in [7, 11) is 0. The first-order valence-electron chi connectivity index (χ1n) is 24.9. The van der Waals surface area contributed by atoms with Crippen molar-refractivity contribution in [1.29, 1.82) is 0 Å². The molecule has 8 N–H and O–H groups in total. The van der Waals surface area contributed by atoms with Crippen LogP contribution in [0.15, 0.2) is 36.5 Å². The smallest absolute Gasteiger partial charge is 0.249 e. The highest BCUT2D eigenvalue weighted by atomic mass is 16.7. The Bertz CT molecular complexity index is 1090. The third-order valence-electron chi connectivity index (χ3n) is 11.9. The number of rotatable bonds is 41. The Labute approximate surface area is 371 Å². The Balaban J connectivity index is 2.43. The van der Waals surface area contributed by atoms with Gasteiger partial charge in [-0.05, 0) is 77.0 Å². The zero-order valence-corrected chi connectivity index (χ0v) is 38.6. The van der Waals surface area contributed by atoms with Crippen molar-refractivity contribution in [2.45, 2.75) is 262 Å². The fourth-order valence-corrected chi connectivity index (χ4v) is 7.74. The Morgan fingerprint density at radius 3 is 1.46 bits per heavy atom. The molecule has 0 aliphatic carbocycles. The van der Waals surface area contributed by atoms with Crippen molar-refractivity contribution in [3.05, 3.63) is 36.5 Å². The zero-order chi connectivity index (χ0) is 44.8. The molecular weight excluding hydrogens is 775 g/mol. The van der Waals surface area contributed by atoms with Gasteiger partial charge < -0.3 is 50.5 Å². The third-order valence-corrected chi connectivity index (χ3v) is 11.9. The number of amides is 1. The van der Waals surface area contributed by atoms with Crippen LogP contribution < -0.4 is 5.32 Å². The molecule has 0 spiro atoms. The van der Waals surface area contributed by atoms with E-state index in [0.29, 0.717) is 19.3 Å². The third kappa shape index (κ3) is 29.4. The summed E-state index contributed by atoms with van der Waals surface area (Å²) in [6, 6.07) is -1.19. The molecule has 0 bridgehead atoms. The normalized spacial score (nSPS) is 21.8. The van der Waals surface area contributed by atoms with Gasteiger partial charge >= 0.3 is 0 Å². The molecule has 0 aromatic carbocycles. The minimum atomic E-state index is -1.67. The summed E-state index contributed by atoms with van der Waals surface area (Å²) >= 11 is 0. The van der Waals surface area contributed by atoms with Gasteiger partial charge in [-0.15, -0.1) is 0 Å². The highest BCUT2D eigenvalue weighted by Gasteiger charge is 2.44. The van der Waals surface area contributed by atoms with Gasteiger partial charge in [0.05, 0.1) is 25.4 Å². The van der Waals surface area contributed by atoms with Crippen molar-refractivity contribution in [1.82, 2.24) is 5.32 Å². The fraction of sp³-hybridized carbons (Fsp3) is 0.860. The molecule has 0 saturated carbocycles. The largest absolute Gasteiger partial charge is 0.394 e. The summed E-state index contributed by atoms with van der Waals surface area (Å²) in [6.07, 6.45) is 34.8. The quantitative estimate of drug-likeness (QED) is 0.0218. The van der Waals surface area contributed by atoms with E-state index >= 15 is 0 Å². The molecule has 11 heteroatoms. The van der Waals surface area contributed by atoms with Gasteiger partial charge in [0.25, 0.3) is 0 Å². The number of aliphatic hydroxyl groups is 7. The Morgan fingerprint density at radius 2 is 0.984 bits per heavy atom. The molecule has 9 unspecified atom stereocenters. The van der Waals surface area contributed by atoms with Gasteiger partial charge in [-0.2, -0.15) is 0 Å². The van der Waals surface area contributed by atoms with Crippen molar-refractivity contribution >= 4 is 5.91 Å². The van der Waals surface area contributed by atoms with E-state index in [4.69, 9.17) is 9.47 Å². The van der Waals surface area contributed by atoms with E-state index in [1.54, 1.807) is 0 Å². The van der Waals surface area contributed by atoms with Gasteiger partial charge in [-0.3, -0.25) is 4.79 Å². The Hall–Kier alpha value is -1.67. The molecule has 0 radical (unpaired) electrons. The van der Waals surface area contributed by atoms with Crippen LogP contribution in [-0.2, 0) is 14.3 Å². The maximum absolute atomic E-state index is 13.1. The second-order valence-electron chi connectivity index (χ2n) is 17.5. The van der Waals surface area contributed by atoms with Crippen molar-refractivity contribution in [3.8, 4) is 0 Å². The van der Waals surface area contributed by atoms with Gasteiger partial charge in [0.15, 0.2) is 6.29 Å². The van der Waals surface area contributed by atoms with Gasteiger partial charge in [-0.25, -0.2) is 0 Å². The molecule has 0 aromatic rings. The topological polar surface area (TPSA) is 189 Å². The van der Waals surface area contributed by atoms with Crippen molar-refractivity contribution in [2.24, 2.45) is 0 Å². The van der Waals surface area contributed by atoms with E-state index in [-0.39, 0.29) is 12.8 Å². The van der Waals surface area contributed by atoms with Gasteiger partial charge in [-0.1, -0.05) is 166 Å². The van der Waals surface area contributed by atoms with Crippen LogP contribution in [0, 0.1) is 0 Å². The molecule has 1 amide bonds. The lowest BCUT2D eigenvalue weighted by atomic mass is 9.98. The van der Waals surface area contributed by atoms with Crippen LogP contribution in [-0.4, -0.2) is 110 Å². The molecule has 1 rings (SSSR count). The molecule has 61 heavy (non-hydrogen) atoms. The molecule has 1 heterocycles. The first-order chi connectivity index (χ1) is 29.7. The SMILES string of the molecule is CCCCCCC/C=C/CC/C=C/CCCC(O)C(O)C(COC1OC(CO)C(O)C(O)C1O)NC(=O)C(O)CCCCCCCC/C=C\CCCCCCCCCCCC. The second kappa shape index (κ2) is 39.9. The number of allylic oxidation sites excluding steroid dienone is 6. The molecular formula is C50H93NO10. The Kier molecular flexibility index (Phi) is 37.5. The summed E-state index contributed by atoms with van der Waals surface area (Å²) in [4.78, 5) is 13.1. The lowest BCUT2D eigenvalue weighted by molar-refractivity contribution is -0.303. The van der Waals surface area contributed by atoms with Crippen LogP contribution >= 0.6 is 0 Å². The van der Waals surface area contributed by atoms with E-state index in [2.05, 4.69) is 55.6 Å². The number of hydrogen-bond donors (Lipinski definition) is 8. The molecule has 9 atom stereocenters. The average Bonchev–Trinajstić information content (AvgIpc) is 3.26. The first kappa shape index (κ1) is 57.3. The number of nitrogens with one attached hydrogen (secondary N) is 1. The van der Waals surface area contributed by atoms with Gasteiger partial charge in [0.2, 0.25) is 5.91 Å². The molecule has 1 aliphatic rings. The standard InChI is InChI=1S/C50H93NO10/c1-3-5-7-9-11-13-15-17-19-20-21-22-23-24-26-28-30-32-34-36-38-43(54)49(59)51-41(40-60-50-48(58)47(57)46(56)44(39-52)61-50)45(55)42(53)37-35-33-31-29-27-25-18-16-14-12-10-8-6-4-2/h16,18,22-23,29,31,41-48,50,52-58H,3-15,17,19-21,24-28,30,32-40H2,1-2H3,(H,51,59)/b18-16+,23-22-,31-29+. The Morgan fingerprint density at radius 1 is 0.557 bits per heavy atom. The highest BCUT2D eigenvalue weighted by Crippen LogP contribution is 2.23. The lowest BCUT2D eigenvalue weighted by Crippen LogP contribution is -2.60. The summed E-state index contributed by atoms with van der Waals surface area (Å²) in [5.74, 6) is -0.716. The van der Waals surface area contributed by atoms with E-state index < -0.39 is 74.2 Å². The van der Waals surface area contributed by atoms with E-state index in [9.17, 15) is 40.5 Å². The molecule has 11 nitrogen and oxygen atoms in total. The van der Waals surface area contributed by atoms with Crippen LogP contribution in [0.25, 0.3) is 0 Å². The number of unbranched alkanes of at least 4 members (excludes halogenated alkanes) is 23. The molecule has 1 fully saturated rings. The van der Waals surface area contributed by atoms with Gasteiger partial charge in [0, 0.05) is 0 Å². The number of carbonyl (C=O) groups excluding carboxylic acids is 1. The maximum atomic E-state index is 13.1. The molecule has 1 saturated heterocycles. The van der Waals surface area contributed by atoms with E-state index in [0.717, 1.165) is 57.8 Å². The van der Waals surface area contributed by atoms with Crippen molar-refractivity contribution < 1.29 is 50.0 Å². The summed E-state index contributed by atoms with van der Waals surface area (Å²) in [5.41, 5.74) is 0.